The smallest absolute Gasteiger partial charge is 0.338 e. The van der Waals surface area contributed by atoms with E-state index < -0.39 is 43.2 Å². The molecule has 116 valence electrons. The molecule has 0 fully saturated rings. The Balaban J connectivity index is 3.39. The second-order valence-corrected chi connectivity index (χ2v) is 6.76. The number of carbonyl (C=O) groups excluding carboxylic acids is 1. The lowest BCUT2D eigenvalue weighted by molar-refractivity contribution is -0.120. The van der Waals surface area contributed by atoms with Crippen molar-refractivity contribution in [2.75, 3.05) is 6.54 Å². The van der Waals surface area contributed by atoms with E-state index in [-0.39, 0.29) is 12.1 Å². The van der Waals surface area contributed by atoms with Crippen molar-refractivity contribution in [3.63, 3.8) is 0 Å². The van der Waals surface area contributed by atoms with E-state index in [1.54, 1.807) is 6.92 Å². The molecule has 1 rings (SSSR count). The van der Waals surface area contributed by atoms with Gasteiger partial charge < -0.3 is 10.4 Å². The summed E-state index contributed by atoms with van der Waals surface area (Å²) in [5.74, 6) is -3.26. The van der Waals surface area contributed by atoms with Gasteiger partial charge in [-0.25, -0.2) is 17.6 Å². The quantitative estimate of drug-likeness (QED) is 0.793. The van der Waals surface area contributed by atoms with Crippen LogP contribution < -0.4 is 5.32 Å². The van der Waals surface area contributed by atoms with Crippen molar-refractivity contribution in [1.29, 1.82) is 0 Å². The van der Waals surface area contributed by atoms with E-state index in [0.717, 1.165) is 12.1 Å². The molecule has 0 aliphatic carbocycles. The van der Waals surface area contributed by atoms with Gasteiger partial charge >= 0.3 is 5.97 Å². The average molecular weight is 317 g/mol. The molecule has 0 aliphatic heterocycles. The van der Waals surface area contributed by atoms with Crippen LogP contribution in [0.2, 0.25) is 0 Å². The van der Waals surface area contributed by atoms with Crippen molar-refractivity contribution in [1.82, 2.24) is 5.32 Å². The molecule has 0 saturated carbocycles. The Morgan fingerprint density at radius 3 is 2.43 bits per heavy atom. The van der Waals surface area contributed by atoms with Gasteiger partial charge in [-0.1, -0.05) is 0 Å². The van der Waals surface area contributed by atoms with Crippen LogP contribution in [0.15, 0.2) is 17.0 Å². The third-order valence-corrected chi connectivity index (χ3v) is 5.01. The number of hydrogen-bond donors (Lipinski definition) is 2. The Hall–Kier alpha value is -1.96. The van der Waals surface area contributed by atoms with Crippen molar-refractivity contribution < 1.29 is 27.5 Å². The summed E-state index contributed by atoms with van der Waals surface area (Å²) in [6.45, 7) is 4.36. The highest BCUT2D eigenvalue weighted by atomic mass is 32.2. The standard InChI is InChI=1S/C13H16FNO5S/c1-4-15-12(16)8(3)21(19,20)9-5-7(2)11(14)10(6-9)13(17)18/h5-6,8H,4H2,1-3H3,(H,15,16)(H,17,18). The number of amides is 1. The number of rotatable bonds is 5. The van der Waals surface area contributed by atoms with E-state index in [1.165, 1.54) is 13.8 Å². The minimum Gasteiger partial charge on any atom is -0.478 e. The highest BCUT2D eigenvalue weighted by Gasteiger charge is 2.31. The van der Waals surface area contributed by atoms with Gasteiger partial charge in [0.2, 0.25) is 5.91 Å². The SMILES string of the molecule is CCNC(=O)C(C)S(=O)(=O)c1cc(C)c(F)c(C(=O)O)c1. The number of carbonyl (C=O) groups is 2. The molecule has 0 heterocycles. The summed E-state index contributed by atoms with van der Waals surface area (Å²) in [7, 11) is -4.10. The van der Waals surface area contributed by atoms with Crippen LogP contribution in [-0.4, -0.2) is 37.2 Å². The van der Waals surface area contributed by atoms with Crippen molar-refractivity contribution >= 4 is 21.7 Å². The maximum Gasteiger partial charge on any atom is 0.338 e. The summed E-state index contributed by atoms with van der Waals surface area (Å²) >= 11 is 0. The molecule has 0 saturated heterocycles. The van der Waals surface area contributed by atoms with E-state index in [1.807, 2.05) is 0 Å². The Bertz CT molecular complexity index is 684. The highest BCUT2D eigenvalue weighted by molar-refractivity contribution is 7.92. The van der Waals surface area contributed by atoms with Crippen LogP contribution in [0.5, 0.6) is 0 Å². The van der Waals surface area contributed by atoms with Crippen LogP contribution in [0.1, 0.15) is 29.8 Å². The van der Waals surface area contributed by atoms with Crippen LogP contribution in [0.3, 0.4) is 0 Å². The molecule has 0 aliphatic rings. The van der Waals surface area contributed by atoms with Crippen LogP contribution in [0.4, 0.5) is 4.39 Å². The van der Waals surface area contributed by atoms with E-state index in [2.05, 4.69) is 5.32 Å². The van der Waals surface area contributed by atoms with Crippen molar-refractivity contribution in [3.05, 3.63) is 29.1 Å². The van der Waals surface area contributed by atoms with Crippen molar-refractivity contribution in [3.8, 4) is 0 Å². The largest absolute Gasteiger partial charge is 0.478 e. The normalized spacial score (nSPS) is 12.8. The molecule has 0 radical (unpaired) electrons. The van der Waals surface area contributed by atoms with Crippen LogP contribution in [0, 0.1) is 12.7 Å². The molecule has 1 atom stereocenters. The number of carboxylic acids is 1. The first-order valence-electron chi connectivity index (χ1n) is 6.18. The predicted molar refractivity (Wildman–Crippen MR) is 73.4 cm³/mol. The molecule has 8 heteroatoms. The first-order chi connectivity index (χ1) is 9.62. The summed E-state index contributed by atoms with van der Waals surface area (Å²) in [5.41, 5.74) is -0.853. The van der Waals surface area contributed by atoms with Gasteiger partial charge in [-0.15, -0.1) is 0 Å². The third kappa shape index (κ3) is 3.38. The summed E-state index contributed by atoms with van der Waals surface area (Å²) in [6, 6.07) is 1.75. The van der Waals surface area contributed by atoms with Gasteiger partial charge in [-0.2, -0.15) is 0 Å². The fraction of sp³-hybridized carbons (Fsp3) is 0.385. The third-order valence-electron chi connectivity index (χ3n) is 2.97. The molecule has 0 aromatic heterocycles. The van der Waals surface area contributed by atoms with E-state index in [0.29, 0.717) is 0 Å². The maximum atomic E-state index is 13.6. The van der Waals surface area contributed by atoms with E-state index in [9.17, 15) is 22.4 Å². The minimum absolute atomic E-state index is 0.114. The maximum absolute atomic E-state index is 13.6. The van der Waals surface area contributed by atoms with Crippen LogP contribution in [-0.2, 0) is 14.6 Å². The fourth-order valence-corrected chi connectivity index (χ4v) is 3.12. The van der Waals surface area contributed by atoms with Gasteiger partial charge in [0.1, 0.15) is 11.1 Å². The van der Waals surface area contributed by atoms with Gasteiger partial charge in [0.25, 0.3) is 0 Å². The van der Waals surface area contributed by atoms with E-state index >= 15 is 0 Å². The average Bonchev–Trinajstić information content (AvgIpc) is 2.40. The zero-order valence-corrected chi connectivity index (χ0v) is 12.6. The molecule has 1 amide bonds. The van der Waals surface area contributed by atoms with E-state index in [4.69, 9.17) is 5.11 Å². The van der Waals surface area contributed by atoms with Gasteiger partial charge in [-0.05, 0) is 38.5 Å². The first-order valence-corrected chi connectivity index (χ1v) is 7.72. The van der Waals surface area contributed by atoms with Gasteiger partial charge in [0.15, 0.2) is 9.84 Å². The van der Waals surface area contributed by atoms with Gasteiger partial charge in [0, 0.05) is 6.54 Å². The summed E-state index contributed by atoms with van der Waals surface area (Å²) in [4.78, 5) is 22.2. The zero-order valence-electron chi connectivity index (χ0n) is 11.8. The number of hydrogen-bond acceptors (Lipinski definition) is 4. The number of carboxylic acid groups (broad SMARTS) is 1. The molecule has 1 aromatic rings. The lowest BCUT2D eigenvalue weighted by atomic mass is 10.1. The van der Waals surface area contributed by atoms with Crippen LogP contribution in [0.25, 0.3) is 0 Å². The minimum atomic E-state index is -4.10. The highest BCUT2D eigenvalue weighted by Crippen LogP contribution is 2.23. The number of halogens is 1. The summed E-state index contributed by atoms with van der Waals surface area (Å²) < 4.78 is 38.3. The first kappa shape index (κ1) is 17.1. The Morgan fingerprint density at radius 2 is 1.95 bits per heavy atom. The molecule has 0 bridgehead atoms. The predicted octanol–water partition coefficient (Wildman–Crippen LogP) is 1.13. The van der Waals surface area contributed by atoms with Crippen LogP contribution >= 0.6 is 0 Å². The number of benzene rings is 1. The van der Waals surface area contributed by atoms with Crippen molar-refractivity contribution in [2.45, 2.75) is 30.9 Å². The van der Waals surface area contributed by atoms with Gasteiger partial charge in [0.05, 0.1) is 10.5 Å². The molecule has 1 unspecified atom stereocenters. The second-order valence-electron chi connectivity index (χ2n) is 4.49. The molecule has 21 heavy (non-hydrogen) atoms. The zero-order chi connectivity index (χ0) is 16.4. The lowest BCUT2D eigenvalue weighted by Gasteiger charge is -2.14. The second kappa shape index (κ2) is 6.21. The van der Waals surface area contributed by atoms with Crippen molar-refractivity contribution in [2.24, 2.45) is 0 Å². The summed E-state index contributed by atoms with van der Waals surface area (Å²) in [5, 5.41) is 9.88. The molecular weight excluding hydrogens is 301 g/mol. The Morgan fingerprint density at radius 1 is 1.38 bits per heavy atom. The molecular formula is C13H16FNO5S. The molecule has 1 aromatic carbocycles. The number of sulfone groups is 1. The number of nitrogens with one attached hydrogen (secondary N) is 1. The Kier molecular flexibility index (Phi) is 5.06. The molecule has 2 N–H and O–H groups in total. The molecule has 6 nitrogen and oxygen atoms in total. The number of aryl methyl sites for hydroxylation is 1. The monoisotopic (exact) mass is 317 g/mol. The topological polar surface area (TPSA) is 101 Å². The number of aromatic carboxylic acids is 1. The lowest BCUT2D eigenvalue weighted by Crippen LogP contribution is -2.37. The van der Waals surface area contributed by atoms with Gasteiger partial charge in [-0.3, -0.25) is 4.79 Å². The summed E-state index contributed by atoms with van der Waals surface area (Å²) in [6.07, 6.45) is 0. The Labute approximate surface area is 121 Å². The molecule has 0 spiro atoms. The fourth-order valence-electron chi connectivity index (χ4n) is 1.72.